The number of benzene rings is 1. The Morgan fingerprint density at radius 1 is 1.43 bits per heavy atom. The van der Waals surface area contributed by atoms with Crippen molar-refractivity contribution in [2.45, 2.75) is 18.2 Å². The molecule has 0 fully saturated rings. The molecule has 1 N–H and O–H groups in total. The zero-order valence-electron chi connectivity index (χ0n) is 8.20. The predicted octanol–water partition coefficient (Wildman–Crippen LogP) is 3.89. The summed E-state index contributed by atoms with van der Waals surface area (Å²) in [6, 6.07) is 4.25. The van der Waals surface area contributed by atoms with Gasteiger partial charge < -0.3 is 5.11 Å². The van der Waals surface area contributed by atoms with Crippen molar-refractivity contribution in [3.05, 3.63) is 23.1 Å². The first kappa shape index (κ1) is 9.87. The molecule has 3 heteroatoms. The molecule has 0 atom stereocenters. The molecule has 0 unspecified atom stereocenters. The minimum atomic E-state index is 0.421. The molecule has 74 valence electrons. The summed E-state index contributed by atoms with van der Waals surface area (Å²) in [5, 5.41) is 12.6. The van der Waals surface area contributed by atoms with E-state index in [0.29, 0.717) is 5.75 Å². The summed E-state index contributed by atoms with van der Waals surface area (Å²) in [5.41, 5.74) is 1.32. The lowest BCUT2D eigenvalue weighted by Gasteiger charge is -2.03. The molecule has 0 amide bonds. The van der Waals surface area contributed by atoms with Crippen LogP contribution >= 0.6 is 23.1 Å². The van der Waals surface area contributed by atoms with Crippen molar-refractivity contribution in [1.82, 2.24) is 0 Å². The normalized spacial score (nSPS) is 11.0. The van der Waals surface area contributed by atoms with Crippen LogP contribution in [0.3, 0.4) is 0 Å². The van der Waals surface area contributed by atoms with Crippen molar-refractivity contribution < 1.29 is 5.11 Å². The fourth-order valence-corrected chi connectivity index (χ4v) is 3.33. The maximum Gasteiger partial charge on any atom is 0.135 e. The van der Waals surface area contributed by atoms with Gasteiger partial charge in [0.1, 0.15) is 5.75 Å². The largest absolute Gasteiger partial charge is 0.506 e. The fraction of sp³-hybridized carbons (Fsp3) is 0.273. The van der Waals surface area contributed by atoms with Crippen LogP contribution in [0.5, 0.6) is 5.75 Å². The van der Waals surface area contributed by atoms with Gasteiger partial charge in [-0.25, -0.2) is 0 Å². The Kier molecular flexibility index (Phi) is 2.70. The molecule has 1 nitrogen and oxygen atoms in total. The standard InChI is InChI=1S/C11H12OS2/c1-3-7-4-5-9(13-2)10-8(12)6-14-11(7)10/h4-6,12H,3H2,1-2H3. The van der Waals surface area contributed by atoms with Gasteiger partial charge in [-0.15, -0.1) is 23.1 Å². The molecule has 0 radical (unpaired) electrons. The molecular weight excluding hydrogens is 212 g/mol. The number of aryl methyl sites for hydroxylation is 1. The lowest BCUT2D eigenvalue weighted by Crippen LogP contribution is -1.81. The maximum atomic E-state index is 9.74. The molecular formula is C11H12OS2. The maximum absolute atomic E-state index is 9.74. The smallest absolute Gasteiger partial charge is 0.135 e. The molecule has 0 saturated carbocycles. The minimum Gasteiger partial charge on any atom is -0.506 e. The number of fused-ring (bicyclic) bond motifs is 1. The third kappa shape index (κ3) is 1.41. The average molecular weight is 224 g/mol. The van der Waals surface area contributed by atoms with Crippen LogP contribution in [0.25, 0.3) is 10.1 Å². The van der Waals surface area contributed by atoms with Gasteiger partial charge >= 0.3 is 0 Å². The molecule has 0 bridgehead atoms. The third-order valence-corrected chi connectivity index (χ3v) is 4.17. The quantitative estimate of drug-likeness (QED) is 0.781. The Morgan fingerprint density at radius 2 is 2.21 bits per heavy atom. The van der Waals surface area contributed by atoms with Crippen LogP contribution in [0, 0.1) is 0 Å². The molecule has 0 aliphatic heterocycles. The predicted molar refractivity (Wildman–Crippen MR) is 64.6 cm³/mol. The summed E-state index contributed by atoms with van der Waals surface area (Å²) in [6.07, 6.45) is 3.06. The van der Waals surface area contributed by atoms with Crippen LogP contribution in [0.1, 0.15) is 12.5 Å². The Hall–Kier alpha value is -0.670. The number of thioether (sulfide) groups is 1. The first-order valence-electron chi connectivity index (χ1n) is 4.54. The molecule has 1 heterocycles. The second-order valence-corrected chi connectivity index (χ2v) is 4.83. The number of thiophene rings is 1. The van der Waals surface area contributed by atoms with Gasteiger partial charge in [0, 0.05) is 20.4 Å². The number of rotatable bonds is 2. The van der Waals surface area contributed by atoms with Crippen molar-refractivity contribution in [2.24, 2.45) is 0 Å². The summed E-state index contributed by atoms with van der Waals surface area (Å²) in [4.78, 5) is 1.16. The molecule has 14 heavy (non-hydrogen) atoms. The summed E-state index contributed by atoms with van der Waals surface area (Å²) >= 11 is 3.31. The van der Waals surface area contributed by atoms with Gasteiger partial charge in [0.05, 0.1) is 0 Å². The Balaban J connectivity index is 2.81. The van der Waals surface area contributed by atoms with E-state index < -0.39 is 0 Å². The highest BCUT2D eigenvalue weighted by Gasteiger charge is 2.10. The van der Waals surface area contributed by atoms with Gasteiger partial charge in [-0.1, -0.05) is 13.0 Å². The first-order chi connectivity index (χ1) is 6.77. The summed E-state index contributed by atoms with van der Waals surface area (Å²) in [5.74, 6) is 0.421. The molecule has 1 aromatic carbocycles. The van der Waals surface area contributed by atoms with Gasteiger partial charge in [-0.3, -0.25) is 0 Å². The molecule has 2 rings (SSSR count). The Morgan fingerprint density at radius 3 is 2.86 bits per heavy atom. The van der Waals surface area contributed by atoms with Crippen LogP contribution in [0.2, 0.25) is 0 Å². The molecule has 2 aromatic rings. The third-order valence-electron chi connectivity index (χ3n) is 2.35. The van der Waals surface area contributed by atoms with E-state index in [4.69, 9.17) is 0 Å². The van der Waals surface area contributed by atoms with Crippen LogP contribution < -0.4 is 0 Å². The highest BCUT2D eigenvalue weighted by Crippen LogP contribution is 2.39. The van der Waals surface area contributed by atoms with E-state index >= 15 is 0 Å². The first-order valence-corrected chi connectivity index (χ1v) is 6.64. The van der Waals surface area contributed by atoms with E-state index in [9.17, 15) is 5.11 Å². The van der Waals surface area contributed by atoms with Crippen LogP contribution in [-0.2, 0) is 6.42 Å². The zero-order chi connectivity index (χ0) is 10.1. The van der Waals surface area contributed by atoms with Crippen molar-refractivity contribution in [3.8, 4) is 5.75 Å². The molecule has 0 aliphatic rings. The minimum absolute atomic E-state index is 0.421. The van der Waals surface area contributed by atoms with Crippen molar-refractivity contribution >= 4 is 33.2 Å². The molecule has 0 spiro atoms. The SMILES string of the molecule is CCc1ccc(SC)c2c(O)csc12. The molecule has 0 aliphatic carbocycles. The van der Waals surface area contributed by atoms with Gasteiger partial charge in [-0.2, -0.15) is 0 Å². The van der Waals surface area contributed by atoms with Crippen molar-refractivity contribution in [1.29, 1.82) is 0 Å². The lowest BCUT2D eigenvalue weighted by molar-refractivity contribution is 0.483. The van der Waals surface area contributed by atoms with Gasteiger partial charge in [-0.05, 0) is 24.3 Å². The van der Waals surface area contributed by atoms with E-state index in [2.05, 4.69) is 19.1 Å². The topological polar surface area (TPSA) is 20.2 Å². The highest BCUT2D eigenvalue weighted by molar-refractivity contribution is 7.98. The van der Waals surface area contributed by atoms with Crippen molar-refractivity contribution in [3.63, 3.8) is 0 Å². The summed E-state index contributed by atoms with van der Waals surface area (Å²) < 4.78 is 1.23. The summed E-state index contributed by atoms with van der Waals surface area (Å²) in [7, 11) is 0. The van der Waals surface area contributed by atoms with Gasteiger partial charge in [0.15, 0.2) is 0 Å². The van der Waals surface area contributed by atoms with Crippen LogP contribution in [0.4, 0.5) is 0 Å². The second kappa shape index (κ2) is 3.83. The average Bonchev–Trinajstić information content (AvgIpc) is 2.60. The Bertz CT molecular complexity index is 460. The van der Waals surface area contributed by atoms with E-state index in [0.717, 1.165) is 16.7 Å². The monoisotopic (exact) mass is 224 g/mol. The Labute approximate surface area is 91.8 Å². The van der Waals surface area contributed by atoms with E-state index in [-0.39, 0.29) is 0 Å². The number of hydrogen-bond donors (Lipinski definition) is 1. The van der Waals surface area contributed by atoms with Crippen LogP contribution in [-0.4, -0.2) is 11.4 Å². The lowest BCUT2D eigenvalue weighted by atomic mass is 10.1. The van der Waals surface area contributed by atoms with Gasteiger partial charge in [0.2, 0.25) is 0 Å². The van der Waals surface area contributed by atoms with Gasteiger partial charge in [0.25, 0.3) is 0 Å². The van der Waals surface area contributed by atoms with E-state index in [1.165, 1.54) is 10.3 Å². The van der Waals surface area contributed by atoms with Crippen LogP contribution in [0.15, 0.2) is 22.4 Å². The zero-order valence-corrected chi connectivity index (χ0v) is 9.84. The van der Waals surface area contributed by atoms with E-state index in [1.807, 2.05) is 11.6 Å². The highest BCUT2D eigenvalue weighted by atomic mass is 32.2. The van der Waals surface area contributed by atoms with E-state index in [1.54, 1.807) is 23.1 Å². The number of aromatic hydroxyl groups is 1. The molecule has 0 saturated heterocycles. The number of hydrogen-bond acceptors (Lipinski definition) is 3. The second-order valence-electron chi connectivity index (χ2n) is 3.11. The molecule has 1 aromatic heterocycles. The van der Waals surface area contributed by atoms with Crippen molar-refractivity contribution in [2.75, 3.05) is 6.26 Å². The fourth-order valence-electron chi connectivity index (χ4n) is 1.61. The summed E-state index contributed by atoms with van der Waals surface area (Å²) in [6.45, 7) is 2.14.